The van der Waals surface area contributed by atoms with Gasteiger partial charge in [0.1, 0.15) is 18.5 Å². The van der Waals surface area contributed by atoms with Crippen molar-refractivity contribution in [3.05, 3.63) is 53.3 Å². The molecule has 1 aromatic rings. The number of allylic oxidation sites excluding steroid dienone is 4. The normalized spacial score (nSPS) is 26.0. The Morgan fingerprint density at radius 3 is 3.03 bits per heavy atom. The molecule has 1 aliphatic carbocycles. The lowest BCUT2D eigenvalue weighted by molar-refractivity contribution is 0.0925. The van der Waals surface area contributed by atoms with Crippen molar-refractivity contribution in [2.45, 2.75) is 39.0 Å². The summed E-state index contributed by atoms with van der Waals surface area (Å²) in [6.07, 6.45) is 3.91. The van der Waals surface area contributed by atoms with Crippen LogP contribution in [0.4, 0.5) is 4.39 Å². The number of halogens is 1. The predicted octanol–water partition coefficient (Wildman–Crippen LogP) is 2.78. The number of hydrazone groups is 1. The fraction of sp³-hybridized carbons (Fsp3) is 0.455. The summed E-state index contributed by atoms with van der Waals surface area (Å²) in [5, 5.41) is 12.7. The molecule has 0 fully saturated rings. The van der Waals surface area contributed by atoms with Crippen LogP contribution in [0.2, 0.25) is 0 Å². The van der Waals surface area contributed by atoms with Crippen LogP contribution in [0.25, 0.3) is 0 Å². The monoisotopic (exact) mass is 398 g/mol. The molecule has 6 nitrogen and oxygen atoms in total. The van der Waals surface area contributed by atoms with Gasteiger partial charge >= 0.3 is 0 Å². The van der Waals surface area contributed by atoms with Gasteiger partial charge in [0.2, 0.25) is 0 Å². The first-order valence-corrected chi connectivity index (χ1v) is 9.89. The van der Waals surface area contributed by atoms with Crippen molar-refractivity contribution in [2.75, 3.05) is 20.2 Å². The van der Waals surface area contributed by atoms with Crippen LogP contribution in [0.5, 0.6) is 5.75 Å². The first-order chi connectivity index (χ1) is 13.7. The number of ether oxygens (including phenoxy) is 1. The summed E-state index contributed by atoms with van der Waals surface area (Å²) in [6.45, 7) is 7.44. The molecule has 7 heteroatoms. The average Bonchev–Trinajstić information content (AvgIpc) is 2.83. The highest BCUT2D eigenvalue weighted by atomic mass is 19.1. The van der Waals surface area contributed by atoms with E-state index in [4.69, 9.17) is 4.74 Å². The summed E-state index contributed by atoms with van der Waals surface area (Å²) in [6, 6.07) is 5.56. The summed E-state index contributed by atoms with van der Waals surface area (Å²) in [5.74, 6) is 0.342. The molecule has 2 heterocycles. The molecule has 0 aromatic heterocycles. The second kappa shape index (κ2) is 6.99. The smallest absolute Gasteiger partial charge is 0.255 e. The zero-order valence-corrected chi connectivity index (χ0v) is 17.3. The van der Waals surface area contributed by atoms with Crippen molar-refractivity contribution in [3.8, 4) is 5.75 Å². The number of alkyl halides is 1. The maximum Gasteiger partial charge on any atom is 0.255 e. The van der Waals surface area contributed by atoms with Gasteiger partial charge in [-0.1, -0.05) is 18.2 Å². The molecule has 0 spiro atoms. The average molecular weight is 398 g/mol. The van der Waals surface area contributed by atoms with Gasteiger partial charge in [0, 0.05) is 25.7 Å². The minimum atomic E-state index is -1.22. The van der Waals surface area contributed by atoms with Gasteiger partial charge in [-0.25, -0.2) is 4.39 Å². The second-order valence-electron chi connectivity index (χ2n) is 8.41. The largest absolute Gasteiger partial charge is 0.491 e. The molecule has 29 heavy (non-hydrogen) atoms. The van der Waals surface area contributed by atoms with E-state index in [-0.39, 0.29) is 5.91 Å². The van der Waals surface area contributed by atoms with E-state index in [1.54, 1.807) is 24.2 Å². The molecule has 2 aliphatic heterocycles. The number of amides is 1. The van der Waals surface area contributed by atoms with Crippen molar-refractivity contribution >= 4 is 11.6 Å². The Bertz CT molecular complexity index is 937. The van der Waals surface area contributed by atoms with Crippen molar-refractivity contribution < 1.29 is 13.9 Å². The van der Waals surface area contributed by atoms with Crippen LogP contribution in [0.15, 0.2) is 47.2 Å². The molecule has 1 aromatic carbocycles. The first-order valence-electron chi connectivity index (χ1n) is 9.89. The summed E-state index contributed by atoms with van der Waals surface area (Å²) in [5.41, 5.74) is 1.02. The second-order valence-corrected chi connectivity index (χ2v) is 8.41. The van der Waals surface area contributed by atoms with Gasteiger partial charge in [0.25, 0.3) is 5.91 Å². The summed E-state index contributed by atoms with van der Waals surface area (Å²) >= 11 is 0. The molecule has 154 valence electrons. The van der Waals surface area contributed by atoms with E-state index in [1.807, 2.05) is 39.0 Å². The summed E-state index contributed by atoms with van der Waals surface area (Å²) in [7, 11) is 1.80. The van der Waals surface area contributed by atoms with E-state index in [2.05, 4.69) is 15.7 Å². The molecule has 2 N–H and O–H groups in total. The fourth-order valence-corrected chi connectivity index (χ4v) is 4.46. The molecule has 1 amide bonds. The van der Waals surface area contributed by atoms with Crippen LogP contribution in [-0.2, 0) is 6.54 Å². The van der Waals surface area contributed by atoms with Crippen LogP contribution in [0.1, 0.15) is 36.7 Å². The number of carbonyl (C=O) groups excluding carboxylic acids is 1. The minimum absolute atomic E-state index is 0.262. The van der Waals surface area contributed by atoms with Crippen LogP contribution >= 0.6 is 0 Å². The zero-order chi connectivity index (χ0) is 20.8. The lowest BCUT2D eigenvalue weighted by Gasteiger charge is -2.38. The van der Waals surface area contributed by atoms with Gasteiger partial charge in [-0.2, -0.15) is 5.10 Å². The first kappa shape index (κ1) is 19.6. The minimum Gasteiger partial charge on any atom is -0.491 e. The Morgan fingerprint density at radius 1 is 1.45 bits per heavy atom. The van der Waals surface area contributed by atoms with Gasteiger partial charge in [-0.15, -0.1) is 0 Å². The highest BCUT2D eigenvalue weighted by molar-refractivity contribution is 6.07. The molecule has 0 radical (unpaired) electrons. The molecule has 4 rings (SSSR count). The van der Waals surface area contributed by atoms with E-state index >= 15 is 4.39 Å². The van der Waals surface area contributed by atoms with E-state index in [9.17, 15) is 4.79 Å². The molecule has 3 aliphatic rings. The van der Waals surface area contributed by atoms with Crippen molar-refractivity contribution in [1.29, 1.82) is 0 Å². The number of rotatable bonds is 3. The number of para-hydroxylation sites is 1. The van der Waals surface area contributed by atoms with Gasteiger partial charge in [-0.3, -0.25) is 9.80 Å². The van der Waals surface area contributed by atoms with Gasteiger partial charge in [0.05, 0.1) is 27.9 Å². The number of fused-ring (bicyclic) bond motifs is 2. The Morgan fingerprint density at radius 2 is 2.24 bits per heavy atom. The standard InChI is InChI=1S/C22H27FN4O2/c1-21(2,20-22(3)16(23)9-6-10-17(22)27(4)26-20)25-19(28)15-8-5-7-14-13-24-11-12-29-18(14)15/h5-10,16,24H,11-13H2,1-4H3,(H,25,28). The summed E-state index contributed by atoms with van der Waals surface area (Å²) in [4.78, 5) is 13.2. The number of nitrogens with zero attached hydrogens (tertiary/aromatic N) is 2. The number of hydrogen-bond acceptors (Lipinski definition) is 5. The van der Waals surface area contributed by atoms with Crippen molar-refractivity contribution in [1.82, 2.24) is 15.6 Å². The van der Waals surface area contributed by atoms with Crippen LogP contribution < -0.4 is 15.4 Å². The third-order valence-corrected chi connectivity index (χ3v) is 5.91. The quantitative estimate of drug-likeness (QED) is 0.822. The lowest BCUT2D eigenvalue weighted by Crippen LogP contribution is -2.56. The number of benzene rings is 1. The number of carbonyl (C=O) groups is 1. The number of hydrogen-bond donors (Lipinski definition) is 2. The molecule has 2 atom stereocenters. The fourth-order valence-electron chi connectivity index (χ4n) is 4.46. The maximum atomic E-state index is 15.0. The molecule has 2 unspecified atom stereocenters. The third-order valence-electron chi connectivity index (χ3n) is 5.91. The van der Waals surface area contributed by atoms with Gasteiger partial charge < -0.3 is 15.4 Å². The SMILES string of the molecule is CN1N=C(C(C)(C)NC(=O)c2cccc3c2OCCNC3)C2(C)C1=CC=CC2F. The molecule has 0 saturated heterocycles. The van der Waals surface area contributed by atoms with E-state index in [1.165, 1.54) is 6.08 Å². The number of nitrogens with one attached hydrogen (secondary N) is 2. The molecular formula is C22H27FN4O2. The van der Waals surface area contributed by atoms with Gasteiger partial charge in [0.15, 0.2) is 0 Å². The zero-order valence-electron chi connectivity index (χ0n) is 17.3. The van der Waals surface area contributed by atoms with E-state index in [0.29, 0.717) is 30.2 Å². The third kappa shape index (κ3) is 3.13. The van der Waals surface area contributed by atoms with Crippen molar-refractivity contribution in [2.24, 2.45) is 10.5 Å². The molecule has 0 saturated carbocycles. The van der Waals surface area contributed by atoms with E-state index < -0.39 is 17.1 Å². The molecular weight excluding hydrogens is 371 g/mol. The van der Waals surface area contributed by atoms with Crippen LogP contribution in [0, 0.1) is 5.41 Å². The van der Waals surface area contributed by atoms with Crippen LogP contribution in [-0.4, -0.2) is 48.5 Å². The highest BCUT2D eigenvalue weighted by Crippen LogP contribution is 2.46. The Labute approximate surface area is 170 Å². The Balaban J connectivity index is 1.65. The molecule has 0 bridgehead atoms. The van der Waals surface area contributed by atoms with Crippen LogP contribution in [0.3, 0.4) is 0 Å². The highest BCUT2D eigenvalue weighted by Gasteiger charge is 2.54. The topological polar surface area (TPSA) is 66.0 Å². The Hall–Kier alpha value is -2.67. The summed E-state index contributed by atoms with van der Waals surface area (Å²) < 4.78 is 20.9. The van der Waals surface area contributed by atoms with Gasteiger partial charge in [-0.05, 0) is 39.0 Å². The van der Waals surface area contributed by atoms with E-state index in [0.717, 1.165) is 17.8 Å². The lowest BCUT2D eigenvalue weighted by atomic mass is 9.70. The predicted molar refractivity (Wildman–Crippen MR) is 111 cm³/mol. The Kier molecular flexibility index (Phi) is 4.73. The maximum absolute atomic E-state index is 15.0. The van der Waals surface area contributed by atoms with Crippen molar-refractivity contribution in [3.63, 3.8) is 0 Å².